The zero-order valence-corrected chi connectivity index (χ0v) is 12.0. The molecule has 108 valence electrons. The zero-order valence-electron chi connectivity index (χ0n) is 12.0. The first kappa shape index (κ1) is 14.0. The summed E-state index contributed by atoms with van der Waals surface area (Å²) in [4.78, 5) is 15.2. The van der Waals surface area contributed by atoms with Crippen LogP contribution in [0.5, 0.6) is 5.75 Å². The zero-order chi connectivity index (χ0) is 15.2. The summed E-state index contributed by atoms with van der Waals surface area (Å²) in [5.74, 6) is 0.737. The average molecular weight is 289 g/mol. The van der Waals surface area contributed by atoms with Gasteiger partial charge in [-0.05, 0) is 47.0 Å². The lowest BCUT2D eigenvalue weighted by atomic mass is 10.0. The number of carbonyl (C=O) groups excluding carboxylic acids is 1. The first-order chi connectivity index (χ1) is 10.9. The Bertz CT molecular complexity index is 755. The Morgan fingerprint density at radius 3 is 2.45 bits per heavy atom. The van der Waals surface area contributed by atoms with Crippen molar-refractivity contribution in [2.75, 3.05) is 0 Å². The predicted octanol–water partition coefficient (Wildman–Crippen LogP) is 4.14. The van der Waals surface area contributed by atoms with Gasteiger partial charge in [-0.1, -0.05) is 30.3 Å². The van der Waals surface area contributed by atoms with Gasteiger partial charge in [0.2, 0.25) is 0 Å². The van der Waals surface area contributed by atoms with Crippen LogP contribution in [0, 0.1) is 0 Å². The minimum atomic E-state index is 0.497. The third-order valence-corrected chi connectivity index (χ3v) is 3.39. The highest BCUT2D eigenvalue weighted by Gasteiger charge is 2.07. The molecule has 3 rings (SSSR count). The number of carbonyl (C=O) groups is 1. The van der Waals surface area contributed by atoms with Crippen molar-refractivity contribution >= 4 is 6.29 Å². The second-order valence-electron chi connectivity index (χ2n) is 4.88. The van der Waals surface area contributed by atoms with E-state index in [2.05, 4.69) is 4.98 Å². The summed E-state index contributed by atoms with van der Waals surface area (Å²) in [7, 11) is 0. The summed E-state index contributed by atoms with van der Waals surface area (Å²) in [6.07, 6.45) is 4.28. The molecule has 0 aliphatic rings. The fourth-order valence-electron chi connectivity index (χ4n) is 2.25. The molecule has 0 aliphatic heterocycles. The Hall–Kier alpha value is -2.94. The van der Waals surface area contributed by atoms with E-state index in [4.69, 9.17) is 4.74 Å². The molecule has 0 spiro atoms. The maximum absolute atomic E-state index is 11.2. The standard InChI is InChI=1S/C19H15NO2/c21-13-17-6-7-18(22-14-15-4-2-1-3-5-15)12-19(17)16-8-10-20-11-9-16/h1-13H,14H2. The Morgan fingerprint density at radius 1 is 0.955 bits per heavy atom. The molecule has 3 nitrogen and oxygen atoms in total. The topological polar surface area (TPSA) is 39.2 Å². The molecular weight excluding hydrogens is 274 g/mol. The molecule has 0 bridgehead atoms. The van der Waals surface area contributed by atoms with Gasteiger partial charge >= 0.3 is 0 Å². The number of hydrogen-bond donors (Lipinski definition) is 0. The van der Waals surface area contributed by atoms with Crippen molar-refractivity contribution < 1.29 is 9.53 Å². The number of nitrogens with zero attached hydrogens (tertiary/aromatic N) is 1. The second kappa shape index (κ2) is 6.68. The third-order valence-electron chi connectivity index (χ3n) is 3.39. The van der Waals surface area contributed by atoms with E-state index < -0.39 is 0 Å². The van der Waals surface area contributed by atoms with Gasteiger partial charge in [0, 0.05) is 18.0 Å². The molecule has 0 fully saturated rings. The fraction of sp³-hybridized carbons (Fsp3) is 0.0526. The summed E-state index contributed by atoms with van der Waals surface area (Å²) < 4.78 is 5.82. The predicted molar refractivity (Wildman–Crippen MR) is 85.8 cm³/mol. The van der Waals surface area contributed by atoms with Gasteiger partial charge in [0.15, 0.2) is 6.29 Å². The monoisotopic (exact) mass is 289 g/mol. The summed E-state index contributed by atoms with van der Waals surface area (Å²) >= 11 is 0. The van der Waals surface area contributed by atoms with E-state index in [0.29, 0.717) is 12.2 Å². The molecule has 0 radical (unpaired) electrons. The van der Waals surface area contributed by atoms with Crippen LogP contribution in [0.3, 0.4) is 0 Å². The highest BCUT2D eigenvalue weighted by Crippen LogP contribution is 2.27. The molecule has 0 unspecified atom stereocenters. The summed E-state index contributed by atoms with van der Waals surface area (Å²) in [6, 6.07) is 19.2. The lowest BCUT2D eigenvalue weighted by Gasteiger charge is -2.10. The summed E-state index contributed by atoms with van der Waals surface area (Å²) in [5.41, 5.74) is 3.54. The molecule has 0 atom stereocenters. The van der Waals surface area contributed by atoms with Crippen LogP contribution in [0.1, 0.15) is 15.9 Å². The largest absolute Gasteiger partial charge is 0.489 e. The van der Waals surface area contributed by atoms with Crippen molar-refractivity contribution in [3.63, 3.8) is 0 Å². The molecule has 0 aliphatic carbocycles. The van der Waals surface area contributed by atoms with Gasteiger partial charge in [-0.25, -0.2) is 0 Å². The third kappa shape index (κ3) is 3.20. The molecular formula is C19H15NO2. The minimum absolute atomic E-state index is 0.497. The quantitative estimate of drug-likeness (QED) is 0.663. The van der Waals surface area contributed by atoms with Crippen molar-refractivity contribution in [3.05, 3.63) is 84.2 Å². The summed E-state index contributed by atoms with van der Waals surface area (Å²) in [5, 5.41) is 0. The summed E-state index contributed by atoms with van der Waals surface area (Å²) in [6.45, 7) is 0.497. The van der Waals surface area contributed by atoms with E-state index >= 15 is 0 Å². The van der Waals surface area contributed by atoms with Crippen molar-refractivity contribution in [2.45, 2.75) is 6.61 Å². The first-order valence-corrected chi connectivity index (χ1v) is 7.03. The Kier molecular flexibility index (Phi) is 4.25. The van der Waals surface area contributed by atoms with Crippen LogP contribution in [0.15, 0.2) is 73.1 Å². The molecule has 22 heavy (non-hydrogen) atoms. The van der Waals surface area contributed by atoms with Crippen molar-refractivity contribution in [2.24, 2.45) is 0 Å². The van der Waals surface area contributed by atoms with Gasteiger partial charge in [-0.3, -0.25) is 9.78 Å². The Labute approximate surface area is 129 Å². The van der Waals surface area contributed by atoms with E-state index in [-0.39, 0.29) is 0 Å². The van der Waals surface area contributed by atoms with Crippen LogP contribution >= 0.6 is 0 Å². The second-order valence-corrected chi connectivity index (χ2v) is 4.88. The van der Waals surface area contributed by atoms with Gasteiger partial charge in [0.1, 0.15) is 12.4 Å². The number of aldehydes is 1. The molecule has 0 amide bonds. The van der Waals surface area contributed by atoms with Crippen molar-refractivity contribution in [1.82, 2.24) is 4.98 Å². The molecule has 0 N–H and O–H groups in total. The first-order valence-electron chi connectivity index (χ1n) is 7.03. The number of benzene rings is 2. The van der Waals surface area contributed by atoms with E-state index in [9.17, 15) is 4.79 Å². The maximum atomic E-state index is 11.2. The Balaban J connectivity index is 1.86. The lowest BCUT2D eigenvalue weighted by Crippen LogP contribution is -1.96. The van der Waals surface area contributed by atoms with Crippen molar-refractivity contribution in [1.29, 1.82) is 0 Å². The smallest absolute Gasteiger partial charge is 0.150 e. The van der Waals surface area contributed by atoms with Gasteiger partial charge in [-0.15, -0.1) is 0 Å². The van der Waals surface area contributed by atoms with E-state index in [1.807, 2.05) is 54.6 Å². The number of pyridine rings is 1. The van der Waals surface area contributed by atoms with E-state index in [1.165, 1.54) is 0 Å². The van der Waals surface area contributed by atoms with Crippen LogP contribution < -0.4 is 4.74 Å². The highest BCUT2D eigenvalue weighted by molar-refractivity contribution is 5.88. The number of rotatable bonds is 5. The van der Waals surface area contributed by atoms with Crippen LogP contribution in [0.4, 0.5) is 0 Å². The number of aromatic nitrogens is 1. The van der Waals surface area contributed by atoms with E-state index in [0.717, 1.165) is 28.7 Å². The number of hydrogen-bond acceptors (Lipinski definition) is 3. The van der Waals surface area contributed by atoms with Crippen LogP contribution in [0.25, 0.3) is 11.1 Å². The molecule has 2 aromatic carbocycles. The molecule has 3 heteroatoms. The Morgan fingerprint density at radius 2 is 1.73 bits per heavy atom. The highest BCUT2D eigenvalue weighted by atomic mass is 16.5. The SMILES string of the molecule is O=Cc1ccc(OCc2ccccc2)cc1-c1ccncc1. The lowest BCUT2D eigenvalue weighted by molar-refractivity contribution is 0.112. The van der Waals surface area contributed by atoms with Gasteiger partial charge in [0.25, 0.3) is 0 Å². The van der Waals surface area contributed by atoms with Crippen molar-refractivity contribution in [3.8, 4) is 16.9 Å². The minimum Gasteiger partial charge on any atom is -0.489 e. The van der Waals surface area contributed by atoms with Crippen LogP contribution in [0.2, 0.25) is 0 Å². The van der Waals surface area contributed by atoms with Gasteiger partial charge in [-0.2, -0.15) is 0 Å². The average Bonchev–Trinajstić information content (AvgIpc) is 2.61. The fourth-order valence-corrected chi connectivity index (χ4v) is 2.25. The van der Waals surface area contributed by atoms with Crippen LogP contribution in [-0.4, -0.2) is 11.3 Å². The molecule has 0 saturated carbocycles. The molecule has 1 heterocycles. The van der Waals surface area contributed by atoms with Gasteiger partial charge < -0.3 is 4.74 Å². The normalized spacial score (nSPS) is 10.2. The number of ether oxygens (including phenoxy) is 1. The molecule has 0 saturated heterocycles. The van der Waals surface area contributed by atoms with E-state index in [1.54, 1.807) is 18.5 Å². The maximum Gasteiger partial charge on any atom is 0.150 e. The van der Waals surface area contributed by atoms with Crippen LogP contribution in [-0.2, 0) is 6.61 Å². The molecule has 1 aromatic heterocycles. The van der Waals surface area contributed by atoms with Gasteiger partial charge in [0.05, 0.1) is 0 Å². The molecule has 3 aromatic rings.